The molecule has 142 valence electrons. The molecule has 0 aliphatic carbocycles. The fourth-order valence-electron chi connectivity index (χ4n) is 3.33. The fourth-order valence-corrected chi connectivity index (χ4v) is 3.33. The van der Waals surface area contributed by atoms with Crippen molar-refractivity contribution in [2.45, 2.75) is 64.2 Å². The number of carboxylic acid groups (broad SMARTS) is 1. The summed E-state index contributed by atoms with van der Waals surface area (Å²) in [7, 11) is 0. The second kappa shape index (κ2) is 15.1. The Bertz CT molecular complexity index is 652. The number of hydrogen-bond donors (Lipinski definition) is 0. The maximum absolute atomic E-state index is 10.3. The summed E-state index contributed by atoms with van der Waals surface area (Å²) in [5.41, 5.74) is 1.36. The van der Waals surface area contributed by atoms with Crippen LogP contribution >= 0.6 is 0 Å². The smallest absolute Gasteiger partial charge is 0.550 e. The standard InChI is InChI=1S/C23H32O3.Na/c24-23(25)16-7-5-3-1-2-4-6-10-18-26-19-17-21-14-11-13-20-12-8-9-15-22(20)21;/h8-9,11-15H,1-7,10,16-19H2,(H,24,25);/q;+1/p-1. The number of ether oxygens (including phenoxy) is 1. The summed E-state index contributed by atoms with van der Waals surface area (Å²) in [4.78, 5) is 10.3. The van der Waals surface area contributed by atoms with Gasteiger partial charge >= 0.3 is 29.6 Å². The fraction of sp³-hybridized carbons (Fsp3) is 0.522. The molecule has 0 unspecified atom stereocenters. The first-order valence-electron chi connectivity index (χ1n) is 10.0. The van der Waals surface area contributed by atoms with Crippen molar-refractivity contribution in [3.05, 3.63) is 48.0 Å². The van der Waals surface area contributed by atoms with Crippen LogP contribution < -0.4 is 34.7 Å². The molecule has 0 saturated heterocycles. The van der Waals surface area contributed by atoms with Crippen LogP contribution in [0.4, 0.5) is 0 Å². The van der Waals surface area contributed by atoms with Crippen LogP contribution in [0.15, 0.2) is 42.5 Å². The van der Waals surface area contributed by atoms with Crippen molar-refractivity contribution in [2.75, 3.05) is 13.2 Å². The van der Waals surface area contributed by atoms with Gasteiger partial charge < -0.3 is 14.6 Å². The van der Waals surface area contributed by atoms with Crippen molar-refractivity contribution >= 4 is 16.7 Å². The van der Waals surface area contributed by atoms with Crippen molar-refractivity contribution in [3.8, 4) is 0 Å². The first-order valence-corrected chi connectivity index (χ1v) is 10.0. The first kappa shape index (κ1) is 24.2. The van der Waals surface area contributed by atoms with Gasteiger partial charge in [0.25, 0.3) is 0 Å². The topological polar surface area (TPSA) is 49.4 Å². The third-order valence-electron chi connectivity index (χ3n) is 4.82. The van der Waals surface area contributed by atoms with Gasteiger partial charge in [-0.25, -0.2) is 0 Å². The number of carboxylic acids is 1. The molecular weight excluding hydrogens is 347 g/mol. The summed E-state index contributed by atoms with van der Waals surface area (Å²) in [6.45, 7) is 1.63. The first-order chi connectivity index (χ1) is 12.8. The van der Waals surface area contributed by atoms with E-state index in [-0.39, 0.29) is 36.0 Å². The molecule has 2 aromatic rings. The van der Waals surface area contributed by atoms with Gasteiger partial charge in [-0.1, -0.05) is 81.0 Å². The zero-order valence-electron chi connectivity index (χ0n) is 16.8. The van der Waals surface area contributed by atoms with Gasteiger partial charge in [0.2, 0.25) is 0 Å². The molecule has 2 aromatic carbocycles. The molecule has 2 rings (SSSR count). The van der Waals surface area contributed by atoms with Gasteiger partial charge in [0.1, 0.15) is 0 Å². The largest absolute Gasteiger partial charge is 1.00 e. The zero-order valence-corrected chi connectivity index (χ0v) is 18.8. The van der Waals surface area contributed by atoms with Gasteiger partial charge in [0.05, 0.1) is 6.61 Å². The maximum Gasteiger partial charge on any atom is 1.00 e. The Balaban J connectivity index is 0.00000364. The van der Waals surface area contributed by atoms with Crippen LogP contribution in [-0.4, -0.2) is 19.2 Å². The predicted molar refractivity (Wildman–Crippen MR) is 105 cm³/mol. The van der Waals surface area contributed by atoms with Crippen LogP contribution in [0.2, 0.25) is 0 Å². The zero-order chi connectivity index (χ0) is 18.5. The molecular formula is C23H31NaO3. The molecule has 0 bridgehead atoms. The summed E-state index contributed by atoms with van der Waals surface area (Å²) in [5, 5.41) is 12.9. The molecule has 0 saturated carbocycles. The Labute approximate surface area is 185 Å². The quantitative estimate of drug-likeness (QED) is 0.371. The van der Waals surface area contributed by atoms with Crippen LogP contribution in [0.25, 0.3) is 10.8 Å². The number of carbonyl (C=O) groups excluding carboxylic acids is 1. The number of carbonyl (C=O) groups is 1. The van der Waals surface area contributed by atoms with Crippen molar-refractivity contribution in [2.24, 2.45) is 0 Å². The maximum atomic E-state index is 10.3. The SMILES string of the molecule is O=C([O-])CCCCCCCCCCOCCc1cccc2ccccc12.[Na+]. The van der Waals surface area contributed by atoms with Gasteiger partial charge in [0, 0.05) is 12.6 Å². The molecule has 0 N–H and O–H groups in total. The summed E-state index contributed by atoms with van der Waals surface area (Å²) in [6.07, 6.45) is 10.1. The summed E-state index contributed by atoms with van der Waals surface area (Å²) in [6, 6.07) is 15.0. The normalized spacial score (nSPS) is 10.7. The number of benzene rings is 2. The van der Waals surface area contributed by atoms with E-state index >= 15 is 0 Å². The van der Waals surface area contributed by atoms with Crippen LogP contribution in [0.5, 0.6) is 0 Å². The van der Waals surface area contributed by atoms with E-state index in [9.17, 15) is 9.90 Å². The molecule has 0 spiro atoms. The second-order valence-corrected chi connectivity index (χ2v) is 6.95. The summed E-state index contributed by atoms with van der Waals surface area (Å²) in [5.74, 6) is -0.926. The summed E-state index contributed by atoms with van der Waals surface area (Å²) < 4.78 is 5.81. The van der Waals surface area contributed by atoms with Gasteiger partial charge in [-0.15, -0.1) is 0 Å². The number of fused-ring (bicyclic) bond motifs is 1. The third-order valence-corrected chi connectivity index (χ3v) is 4.82. The monoisotopic (exact) mass is 378 g/mol. The minimum absolute atomic E-state index is 0. The van der Waals surface area contributed by atoms with E-state index in [1.807, 2.05) is 0 Å². The van der Waals surface area contributed by atoms with Crippen LogP contribution in [0.1, 0.15) is 63.4 Å². The van der Waals surface area contributed by atoms with Crippen LogP contribution in [-0.2, 0) is 16.0 Å². The molecule has 0 aliphatic heterocycles. The van der Waals surface area contributed by atoms with E-state index in [0.29, 0.717) is 0 Å². The third kappa shape index (κ3) is 10.3. The van der Waals surface area contributed by atoms with Crippen LogP contribution in [0, 0.1) is 0 Å². The number of hydrogen-bond acceptors (Lipinski definition) is 3. The Hall–Kier alpha value is -0.870. The van der Waals surface area contributed by atoms with Crippen molar-refractivity contribution in [1.29, 1.82) is 0 Å². The average Bonchev–Trinajstić information content (AvgIpc) is 2.65. The molecule has 0 aliphatic rings. The molecule has 0 heterocycles. The second-order valence-electron chi connectivity index (χ2n) is 6.95. The van der Waals surface area contributed by atoms with E-state index in [0.717, 1.165) is 45.3 Å². The molecule has 4 heteroatoms. The Kier molecular flexibility index (Phi) is 13.5. The minimum atomic E-state index is -0.926. The van der Waals surface area contributed by atoms with E-state index in [1.54, 1.807) is 0 Å². The average molecular weight is 378 g/mol. The molecule has 0 amide bonds. The molecule has 27 heavy (non-hydrogen) atoms. The Morgan fingerprint density at radius 2 is 1.41 bits per heavy atom. The Morgan fingerprint density at radius 3 is 2.15 bits per heavy atom. The summed E-state index contributed by atoms with van der Waals surface area (Å²) >= 11 is 0. The van der Waals surface area contributed by atoms with E-state index in [2.05, 4.69) is 42.5 Å². The Morgan fingerprint density at radius 1 is 0.778 bits per heavy atom. The molecule has 0 radical (unpaired) electrons. The van der Waals surface area contributed by atoms with E-state index in [4.69, 9.17) is 4.74 Å². The van der Waals surface area contributed by atoms with Crippen molar-refractivity contribution < 1.29 is 44.2 Å². The van der Waals surface area contributed by atoms with Gasteiger partial charge in [0.15, 0.2) is 0 Å². The molecule has 0 fully saturated rings. The predicted octanol–water partition coefficient (Wildman–Crippen LogP) is 1.66. The number of aliphatic carboxylic acids is 1. The minimum Gasteiger partial charge on any atom is -0.550 e. The van der Waals surface area contributed by atoms with Crippen molar-refractivity contribution in [3.63, 3.8) is 0 Å². The van der Waals surface area contributed by atoms with Gasteiger partial charge in [-0.05, 0) is 42.0 Å². The van der Waals surface area contributed by atoms with Crippen LogP contribution in [0.3, 0.4) is 0 Å². The molecule has 0 atom stereocenters. The van der Waals surface area contributed by atoms with Gasteiger partial charge in [-0.2, -0.15) is 0 Å². The number of rotatable bonds is 14. The number of unbranched alkanes of at least 4 members (excludes halogenated alkanes) is 7. The molecule has 0 aromatic heterocycles. The van der Waals surface area contributed by atoms with Gasteiger partial charge in [-0.3, -0.25) is 0 Å². The van der Waals surface area contributed by atoms with E-state index in [1.165, 1.54) is 42.0 Å². The van der Waals surface area contributed by atoms with E-state index < -0.39 is 5.97 Å². The molecule has 3 nitrogen and oxygen atoms in total. The van der Waals surface area contributed by atoms with Crippen molar-refractivity contribution in [1.82, 2.24) is 0 Å².